The molecule has 0 N–H and O–H groups in total. The van der Waals surface area contributed by atoms with Crippen LogP contribution in [0, 0.1) is 0 Å². The normalized spacial score (nSPS) is 12.2. The molecule has 0 aromatic carbocycles. The molecule has 2 aromatic rings. The highest BCUT2D eigenvalue weighted by Gasteiger charge is 2.29. The summed E-state index contributed by atoms with van der Waals surface area (Å²) >= 11 is 4.37. The molecule has 0 saturated carbocycles. The van der Waals surface area contributed by atoms with Crippen LogP contribution in [0.3, 0.4) is 0 Å². The summed E-state index contributed by atoms with van der Waals surface area (Å²) in [7, 11) is 0. The Morgan fingerprint density at radius 1 is 1.50 bits per heavy atom. The van der Waals surface area contributed by atoms with Crippen molar-refractivity contribution in [2.24, 2.45) is 0 Å². The van der Waals surface area contributed by atoms with Gasteiger partial charge in [0.25, 0.3) is 5.56 Å². The second-order valence-corrected chi connectivity index (χ2v) is 4.81. The molecule has 16 heavy (non-hydrogen) atoms. The second-order valence-electron chi connectivity index (χ2n) is 3.05. The Kier molecular flexibility index (Phi) is 2.79. The zero-order valence-electron chi connectivity index (χ0n) is 7.58. The summed E-state index contributed by atoms with van der Waals surface area (Å²) in [5.74, 6) is 0. The Morgan fingerprint density at radius 3 is 2.81 bits per heavy atom. The highest BCUT2D eigenvalue weighted by atomic mass is 79.9. The molecule has 0 bridgehead atoms. The van der Waals surface area contributed by atoms with Gasteiger partial charge >= 0.3 is 6.18 Å². The van der Waals surface area contributed by atoms with Crippen molar-refractivity contribution in [3.8, 4) is 0 Å². The lowest BCUT2D eigenvalue weighted by Crippen LogP contribution is -2.29. The minimum absolute atomic E-state index is 0.240. The van der Waals surface area contributed by atoms with Crippen LogP contribution in [0.25, 0.3) is 10.1 Å². The third-order valence-electron chi connectivity index (χ3n) is 1.87. The number of aromatic nitrogens is 2. The topological polar surface area (TPSA) is 34.9 Å². The summed E-state index contributed by atoms with van der Waals surface area (Å²) in [5.41, 5.74) is -0.733. The van der Waals surface area contributed by atoms with Gasteiger partial charge in [-0.15, -0.1) is 11.3 Å². The van der Waals surface area contributed by atoms with Gasteiger partial charge < -0.3 is 0 Å². The summed E-state index contributed by atoms with van der Waals surface area (Å²) in [6, 6.07) is 0. The van der Waals surface area contributed by atoms with Gasteiger partial charge in [0, 0.05) is 9.85 Å². The Morgan fingerprint density at radius 2 is 2.19 bits per heavy atom. The van der Waals surface area contributed by atoms with Crippen molar-refractivity contribution in [1.82, 2.24) is 9.78 Å². The van der Waals surface area contributed by atoms with E-state index in [0.717, 1.165) is 0 Å². The van der Waals surface area contributed by atoms with E-state index >= 15 is 0 Å². The summed E-state index contributed by atoms with van der Waals surface area (Å²) in [6.07, 6.45) is -3.19. The Labute approximate surface area is 99.6 Å². The molecule has 0 aliphatic heterocycles. The van der Waals surface area contributed by atoms with Gasteiger partial charge in [0.15, 0.2) is 0 Å². The molecule has 2 heterocycles. The lowest BCUT2D eigenvalue weighted by molar-refractivity contribution is -0.143. The minimum atomic E-state index is -4.45. The van der Waals surface area contributed by atoms with E-state index in [9.17, 15) is 18.0 Å². The number of alkyl halides is 3. The van der Waals surface area contributed by atoms with E-state index in [1.807, 2.05) is 0 Å². The molecule has 0 fully saturated rings. The average Bonchev–Trinajstić information content (AvgIpc) is 2.51. The molecule has 0 aliphatic carbocycles. The lowest BCUT2D eigenvalue weighted by atomic mass is 10.4. The van der Waals surface area contributed by atoms with Crippen molar-refractivity contribution in [2.75, 3.05) is 0 Å². The molecule has 0 radical (unpaired) electrons. The van der Waals surface area contributed by atoms with E-state index in [1.165, 1.54) is 17.5 Å². The third-order valence-corrected chi connectivity index (χ3v) is 3.71. The first-order chi connectivity index (χ1) is 7.38. The third kappa shape index (κ3) is 2.12. The number of fused-ring (bicyclic) bond motifs is 1. The first-order valence-corrected chi connectivity index (χ1v) is 5.75. The first-order valence-electron chi connectivity index (χ1n) is 4.08. The molecule has 0 aliphatic rings. The molecule has 0 atom stereocenters. The van der Waals surface area contributed by atoms with Crippen LogP contribution in [0.2, 0.25) is 0 Å². The number of halogens is 4. The SMILES string of the molecule is O=c1c2c(Br)csc2cnn1CC(F)(F)F. The predicted molar refractivity (Wildman–Crippen MR) is 57.6 cm³/mol. The molecule has 0 spiro atoms. The van der Waals surface area contributed by atoms with Crippen molar-refractivity contribution < 1.29 is 13.2 Å². The van der Waals surface area contributed by atoms with E-state index in [2.05, 4.69) is 21.0 Å². The number of hydrogen-bond donors (Lipinski definition) is 0. The van der Waals surface area contributed by atoms with Gasteiger partial charge in [-0.2, -0.15) is 18.3 Å². The number of thiophene rings is 1. The second kappa shape index (κ2) is 3.85. The highest BCUT2D eigenvalue weighted by molar-refractivity contribution is 9.10. The number of nitrogens with zero attached hydrogens (tertiary/aromatic N) is 2. The first kappa shape index (κ1) is 11.6. The van der Waals surface area contributed by atoms with E-state index in [1.54, 1.807) is 5.38 Å². The monoisotopic (exact) mass is 312 g/mol. The van der Waals surface area contributed by atoms with Crippen molar-refractivity contribution in [3.63, 3.8) is 0 Å². The van der Waals surface area contributed by atoms with E-state index in [0.29, 0.717) is 13.9 Å². The van der Waals surface area contributed by atoms with Crippen molar-refractivity contribution in [3.05, 3.63) is 26.4 Å². The molecule has 86 valence electrons. The smallest absolute Gasteiger partial charge is 0.267 e. The summed E-state index contributed by atoms with van der Waals surface area (Å²) < 4.78 is 37.9. The van der Waals surface area contributed by atoms with Gasteiger partial charge in [-0.25, -0.2) is 4.68 Å². The van der Waals surface area contributed by atoms with Gasteiger partial charge in [0.2, 0.25) is 0 Å². The van der Waals surface area contributed by atoms with Gasteiger partial charge in [-0.1, -0.05) is 0 Å². The van der Waals surface area contributed by atoms with Crippen molar-refractivity contribution in [1.29, 1.82) is 0 Å². The fourth-order valence-corrected chi connectivity index (χ4v) is 2.81. The maximum atomic E-state index is 12.1. The average molecular weight is 313 g/mol. The van der Waals surface area contributed by atoms with Crippen molar-refractivity contribution in [2.45, 2.75) is 12.7 Å². The molecule has 3 nitrogen and oxygen atoms in total. The van der Waals surface area contributed by atoms with Crippen LogP contribution in [-0.2, 0) is 6.54 Å². The van der Waals surface area contributed by atoms with E-state index in [4.69, 9.17) is 0 Å². The molecule has 2 rings (SSSR count). The maximum Gasteiger partial charge on any atom is 0.408 e. The van der Waals surface area contributed by atoms with Gasteiger partial charge in [-0.3, -0.25) is 4.79 Å². The summed E-state index contributed by atoms with van der Waals surface area (Å²) in [4.78, 5) is 11.7. The minimum Gasteiger partial charge on any atom is -0.267 e. The van der Waals surface area contributed by atoms with Gasteiger partial charge in [0.05, 0.1) is 16.3 Å². The predicted octanol–water partition coefficient (Wildman–Crippen LogP) is 2.78. The fourth-order valence-electron chi connectivity index (χ4n) is 1.24. The zero-order valence-corrected chi connectivity index (χ0v) is 9.99. The van der Waals surface area contributed by atoms with Gasteiger partial charge in [-0.05, 0) is 15.9 Å². The van der Waals surface area contributed by atoms with E-state index < -0.39 is 18.3 Å². The lowest BCUT2D eigenvalue weighted by Gasteiger charge is -2.07. The molecule has 0 saturated heterocycles. The standard InChI is InChI=1S/C8H4BrF3N2OS/c9-4-2-16-5-1-13-14(3-8(10,11)12)7(15)6(4)5/h1-2H,3H2. The van der Waals surface area contributed by atoms with Crippen LogP contribution in [0.5, 0.6) is 0 Å². The van der Waals surface area contributed by atoms with Crippen LogP contribution >= 0.6 is 27.3 Å². The number of hydrogen-bond acceptors (Lipinski definition) is 3. The molecule has 2 aromatic heterocycles. The summed E-state index contributed by atoms with van der Waals surface area (Å²) in [6.45, 7) is -1.37. The highest BCUT2D eigenvalue weighted by Crippen LogP contribution is 2.26. The molecule has 8 heteroatoms. The van der Waals surface area contributed by atoms with Crippen molar-refractivity contribution >= 4 is 37.4 Å². The zero-order chi connectivity index (χ0) is 11.9. The molecular formula is C8H4BrF3N2OS. The Hall–Kier alpha value is -0.890. The van der Waals surface area contributed by atoms with Crippen LogP contribution < -0.4 is 5.56 Å². The van der Waals surface area contributed by atoms with Gasteiger partial charge in [0.1, 0.15) is 6.54 Å². The van der Waals surface area contributed by atoms with Crippen LogP contribution in [-0.4, -0.2) is 16.0 Å². The molecule has 0 unspecified atom stereocenters. The number of rotatable bonds is 1. The van der Waals surface area contributed by atoms with Crippen LogP contribution in [0.15, 0.2) is 20.8 Å². The fraction of sp³-hybridized carbons (Fsp3) is 0.250. The Balaban J connectivity index is 2.61. The maximum absolute atomic E-state index is 12.1. The quantitative estimate of drug-likeness (QED) is 0.811. The Bertz CT molecular complexity index is 589. The summed E-state index contributed by atoms with van der Waals surface area (Å²) in [5, 5.41) is 5.36. The largest absolute Gasteiger partial charge is 0.408 e. The van der Waals surface area contributed by atoms with E-state index in [-0.39, 0.29) is 5.39 Å². The van der Waals surface area contributed by atoms with Crippen LogP contribution in [0.1, 0.15) is 0 Å². The van der Waals surface area contributed by atoms with Crippen LogP contribution in [0.4, 0.5) is 13.2 Å². The molecular weight excluding hydrogens is 309 g/mol. The molecule has 0 amide bonds.